The van der Waals surface area contributed by atoms with Crippen LogP contribution in [-0.4, -0.2) is 28.9 Å². The first-order valence-corrected chi connectivity index (χ1v) is 10.5. The zero-order valence-corrected chi connectivity index (χ0v) is 17.4. The normalized spacial score (nSPS) is 14.7. The number of pyridine rings is 1. The lowest BCUT2D eigenvalue weighted by Crippen LogP contribution is -2.41. The highest BCUT2D eigenvalue weighted by molar-refractivity contribution is 6.30. The van der Waals surface area contributed by atoms with E-state index in [1.54, 1.807) is 13.2 Å². The highest BCUT2D eigenvalue weighted by atomic mass is 35.5. The number of carbonyl (C=O) groups excluding carboxylic acids is 1. The molecule has 1 saturated carbocycles. The molecule has 3 aromatic rings. The first-order chi connectivity index (χ1) is 14.2. The Morgan fingerprint density at radius 1 is 1.10 bits per heavy atom. The molecule has 4 nitrogen and oxygen atoms in total. The summed E-state index contributed by atoms with van der Waals surface area (Å²) in [6, 6.07) is 17.5. The summed E-state index contributed by atoms with van der Waals surface area (Å²) >= 11 is 6.52. The molecule has 0 unspecified atom stereocenters. The van der Waals surface area contributed by atoms with Gasteiger partial charge in [-0.1, -0.05) is 55.1 Å². The Kier molecular flexibility index (Phi) is 6.00. The Labute approximate surface area is 176 Å². The van der Waals surface area contributed by atoms with Gasteiger partial charge in [0.25, 0.3) is 5.91 Å². The number of methoxy groups -OCH3 is 1. The van der Waals surface area contributed by atoms with Gasteiger partial charge in [-0.15, -0.1) is 0 Å². The van der Waals surface area contributed by atoms with Crippen LogP contribution < -0.4 is 4.74 Å². The SMILES string of the molecule is COc1cccc(C(=O)N(Cc2cc3ccccc3nc2Cl)C2CCCCC2)c1. The van der Waals surface area contributed by atoms with Crippen molar-refractivity contribution >= 4 is 28.4 Å². The van der Waals surface area contributed by atoms with Crippen LogP contribution in [0.4, 0.5) is 0 Å². The van der Waals surface area contributed by atoms with E-state index in [2.05, 4.69) is 11.1 Å². The number of ether oxygens (including phenoxy) is 1. The number of aromatic nitrogens is 1. The molecule has 1 amide bonds. The Balaban J connectivity index is 1.69. The molecule has 1 heterocycles. The van der Waals surface area contributed by atoms with Gasteiger partial charge in [-0.2, -0.15) is 0 Å². The number of fused-ring (bicyclic) bond motifs is 1. The summed E-state index contributed by atoms with van der Waals surface area (Å²) in [5, 5.41) is 1.49. The molecule has 0 saturated heterocycles. The third kappa shape index (κ3) is 4.38. The molecule has 2 aromatic carbocycles. The van der Waals surface area contributed by atoms with Gasteiger partial charge in [0.15, 0.2) is 0 Å². The summed E-state index contributed by atoms with van der Waals surface area (Å²) in [5.41, 5.74) is 2.39. The van der Waals surface area contributed by atoms with Crippen molar-refractivity contribution in [3.8, 4) is 5.75 Å². The number of nitrogens with zero attached hydrogens (tertiary/aromatic N) is 2. The van der Waals surface area contributed by atoms with Gasteiger partial charge in [0.05, 0.1) is 12.6 Å². The van der Waals surface area contributed by atoms with E-state index in [9.17, 15) is 4.79 Å². The maximum Gasteiger partial charge on any atom is 0.254 e. The largest absolute Gasteiger partial charge is 0.497 e. The van der Waals surface area contributed by atoms with Crippen molar-refractivity contribution < 1.29 is 9.53 Å². The minimum atomic E-state index is 0.0139. The Morgan fingerprint density at radius 2 is 1.90 bits per heavy atom. The van der Waals surface area contributed by atoms with Gasteiger partial charge in [0.2, 0.25) is 0 Å². The molecule has 1 fully saturated rings. The minimum absolute atomic E-state index is 0.0139. The van der Waals surface area contributed by atoms with E-state index < -0.39 is 0 Å². The molecule has 29 heavy (non-hydrogen) atoms. The lowest BCUT2D eigenvalue weighted by Gasteiger charge is -2.35. The second-order valence-corrected chi connectivity index (χ2v) is 7.95. The average molecular weight is 409 g/mol. The quantitative estimate of drug-likeness (QED) is 0.495. The molecule has 0 atom stereocenters. The Bertz CT molecular complexity index is 1010. The Morgan fingerprint density at radius 3 is 2.69 bits per heavy atom. The molecule has 0 N–H and O–H groups in total. The zero-order chi connectivity index (χ0) is 20.2. The van der Waals surface area contributed by atoms with Gasteiger partial charge < -0.3 is 9.64 Å². The third-order valence-electron chi connectivity index (χ3n) is 5.68. The van der Waals surface area contributed by atoms with Crippen LogP contribution in [-0.2, 0) is 6.54 Å². The van der Waals surface area contributed by atoms with Crippen LogP contribution >= 0.6 is 11.6 Å². The number of rotatable bonds is 5. The van der Waals surface area contributed by atoms with Crippen LogP contribution in [0.1, 0.15) is 48.0 Å². The van der Waals surface area contributed by atoms with Gasteiger partial charge in [-0.3, -0.25) is 4.79 Å². The van der Waals surface area contributed by atoms with Crippen LogP contribution in [0.3, 0.4) is 0 Å². The van der Waals surface area contributed by atoms with Gasteiger partial charge in [0.1, 0.15) is 10.9 Å². The number of hydrogen-bond donors (Lipinski definition) is 0. The summed E-state index contributed by atoms with van der Waals surface area (Å²) in [6.45, 7) is 0.456. The second kappa shape index (κ2) is 8.83. The highest BCUT2D eigenvalue weighted by Crippen LogP contribution is 2.29. The summed E-state index contributed by atoms with van der Waals surface area (Å²) in [6.07, 6.45) is 5.57. The monoisotopic (exact) mass is 408 g/mol. The van der Waals surface area contributed by atoms with Crippen molar-refractivity contribution in [2.75, 3.05) is 7.11 Å². The number of carbonyl (C=O) groups is 1. The number of hydrogen-bond acceptors (Lipinski definition) is 3. The zero-order valence-electron chi connectivity index (χ0n) is 16.6. The number of halogens is 1. The molecule has 0 bridgehead atoms. The highest BCUT2D eigenvalue weighted by Gasteiger charge is 2.27. The lowest BCUT2D eigenvalue weighted by atomic mass is 9.93. The van der Waals surface area contributed by atoms with Gasteiger partial charge in [-0.25, -0.2) is 4.98 Å². The number of para-hydroxylation sites is 1. The van der Waals surface area contributed by atoms with Crippen molar-refractivity contribution in [1.82, 2.24) is 9.88 Å². The van der Waals surface area contributed by atoms with Crippen LogP contribution in [0.5, 0.6) is 5.75 Å². The molecular formula is C24H25ClN2O2. The fourth-order valence-corrected chi connectivity index (χ4v) is 4.32. The van der Waals surface area contributed by atoms with Crippen LogP contribution in [0, 0.1) is 0 Å². The molecule has 4 rings (SSSR count). The first-order valence-electron chi connectivity index (χ1n) is 10.1. The summed E-state index contributed by atoms with van der Waals surface area (Å²) < 4.78 is 5.31. The maximum atomic E-state index is 13.5. The molecule has 1 aromatic heterocycles. The van der Waals surface area contributed by atoms with Crippen molar-refractivity contribution in [3.05, 3.63) is 70.9 Å². The lowest BCUT2D eigenvalue weighted by molar-refractivity contribution is 0.0614. The van der Waals surface area contributed by atoms with E-state index in [0.29, 0.717) is 23.0 Å². The van der Waals surface area contributed by atoms with E-state index in [1.807, 2.05) is 47.4 Å². The molecule has 1 aliphatic rings. The maximum absolute atomic E-state index is 13.5. The molecule has 150 valence electrons. The van der Waals surface area contributed by atoms with Crippen LogP contribution in [0.2, 0.25) is 5.15 Å². The van der Waals surface area contributed by atoms with Crippen LogP contribution in [0.25, 0.3) is 10.9 Å². The summed E-state index contributed by atoms with van der Waals surface area (Å²) in [4.78, 5) is 20.0. The molecule has 0 aliphatic heterocycles. The van der Waals surface area contributed by atoms with Crippen LogP contribution in [0.15, 0.2) is 54.6 Å². The Hall–Kier alpha value is -2.59. The first kappa shape index (κ1) is 19.7. The average Bonchev–Trinajstić information content (AvgIpc) is 2.77. The molecule has 0 spiro atoms. The summed E-state index contributed by atoms with van der Waals surface area (Å²) in [7, 11) is 1.61. The predicted molar refractivity (Wildman–Crippen MR) is 116 cm³/mol. The van der Waals surface area contributed by atoms with Crippen molar-refractivity contribution in [2.24, 2.45) is 0 Å². The topological polar surface area (TPSA) is 42.4 Å². The minimum Gasteiger partial charge on any atom is -0.497 e. The van der Waals surface area contributed by atoms with E-state index >= 15 is 0 Å². The van der Waals surface area contributed by atoms with Gasteiger partial charge in [-0.05, 0) is 43.2 Å². The molecule has 5 heteroatoms. The van der Waals surface area contributed by atoms with E-state index in [4.69, 9.17) is 16.3 Å². The smallest absolute Gasteiger partial charge is 0.254 e. The standard InChI is InChI=1S/C24H25ClN2O2/c1-29-21-12-7-9-18(15-21)24(28)27(20-10-3-2-4-11-20)16-19-14-17-8-5-6-13-22(17)26-23(19)25/h5-9,12-15,20H,2-4,10-11,16H2,1H3. The molecular weight excluding hydrogens is 384 g/mol. The van der Waals surface area contributed by atoms with Gasteiger partial charge >= 0.3 is 0 Å². The number of benzene rings is 2. The van der Waals surface area contributed by atoms with E-state index in [0.717, 1.165) is 42.1 Å². The van der Waals surface area contributed by atoms with Gasteiger partial charge in [0, 0.05) is 29.1 Å². The molecule has 0 radical (unpaired) electrons. The van der Waals surface area contributed by atoms with Crippen molar-refractivity contribution in [3.63, 3.8) is 0 Å². The van der Waals surface area contributed by atoms with Crippen molar-refractivity contribution in [2.45, 2.75) is 44.7 Å². The predicted octanol–water partition coefficient (Wildman–Crippen LogP) is 5.87. The van der Waals surface area contributed by atoms with Crippen molar-refractivity contribution in [1.29, 1.82) is 0 Å². The second-order valence-electron chi connectivity index (χ2n) is 7.59. The third-order valence-corrected chi connectivity index (χ3v) is 6.01. The summed E-state index contributed by atoms with van der Waals surface area (Å²) in [5.74, 6) is 0.699. The van der Waals surface area contributed by atoms with E-state index in [1.165, 1.54) is 6.42 Å². The van der Waals surface area contributed by atoms with E-state index in [-0.39, 0.29) is 11.9 Å². The molecule has 1 aliphatic carbocycles. The fourth-order valence-electron chi connectivity index (χ4n) is 4.11. The fraction of sp³-hybridized carbons (Fsp3) is 0.333. The number of amides is 1.